The van der Waals surface area contributed by atoms with Gasteiger partial charge in [0.05, 0.1) is 7.11 Å². The van der Waals surface area contributed by atoms with Gasteiger partial charge in [0.1, 0.15) is 11.6 Å². The number of rotatable bonds is 4. The molecule has 0 unspecified atom stereocenters. The van der Waals surface area contributed by atoms with Crippen LogP contribution in [0.1, 0.15) is 5.56 Å². The van der Waals surface area contributed by atoms with Crippen molar-refractivity contribution >= 4 is 17.6 Å². The highest BCUT2D eigenvalue weighted by Crippen LogP contribution is 2.24. The number of thioether (sulfide) groups is 1. The van der Waals surface area contributed by atoms with Crippen molar-refractivity contribution in [1.29, 1.82) is 0 Å². The Labute approximate surface area is 105 Å². The van der Waals surface area contributed by atoms with E-state index in [2.05, 4.69) is 11.1 Å². The number of hydrogen-bond donors (Lipinski definition) is 1. The number of ether oxygens (including phenoxy) is 1. The second-order valence-electron chi connectivity index (χ2n) is 3.56. The smallest absolute Gasteiger partial charge is 0.123 e. The van der Waals surface area contributed by atoms with E-state index in [0.717, 1.165) is 16.4 Å². The molecule has 4 heteroatoms. The lowest BCUT2D eigenvalue weighted by Gasteiger charge is -2.04. The number of hydrogen-bond acceptors (Lipinski definition) is 4. The number of benzene rings is 1. The van der Waals surface area contributed by atoms with Gasteiger partial charge in [-0.1, -0.05) is 12.1 Å². The van der Waals surface area contributed by atoms with Crippen molar-refractivity contribution in [1.82, 2.24) is 4.98 Å². The van der Waals surface area contributed by atoms with Gasteiger partial charge in [0, 0.05) is 16.8 Å². The Bertz CT molecular complexity index is 485. The molecule has 1 aromatic heterocycles. The summed E-state index contributed by atoms with van der Waals surface area (Å²) < 4.78 is 5.18. The fourth-order valence-corrected chi connectivity index (χ4v) is 2.21. The summed E-state index contributed by atoms with van der Waals surface area (Å²) in [6.45, 7) is 0. The third-order valence-electron chi connectivity index (χ3n) is 2.30. The van der Waals surface area contributed by atoms with Crippen LogP contribution < -0.4 is 10.5 Å². The molecule has 3 nitrogen and oxygen atoms in total. The molecule has 1 heterocycles. The van der Waals surface area contributed by atoms with Gasteiger partial charge in [-0.05, 0) is 29.8 Å². The minimum atomic E-state index is 0.552. The van der Waals surface area contributed by atoms with Crippen LogP contribution in [0.4, 0.5) is 5.82 Å². The van der Waals surface area contributed by atoms with Crippen molar-refractivity contribution in [2.75, 3.05) is 12.8 Å². The van der Waals surface area contributed by atoms with E-state index in [0.29, 0.717) is 5.82 Å². The van der Waals surface area contributed by atoms with E-state index in [-0.39, 0.29) is 0 Å². The molecular formula is C13H14N2OS. The van der Waals surface area contributed by atoms with Gasteiger partial charge < -0.3 is 10.5 Å². The first-order chi connectivity index (χ1) is 8.28. The van der Waals surface area contributed by atoms with E-state index in [9.17, 15) is 0 Å². The molecule has 0 saturated carbocycles. The number of nitrogens with zero attached hydrogens (tertiary/aromatic N) is 1. The van der Waals surface area contributed by atoms with Crippen LogP contribution in [0.3, 0.4) is 0 Å². The van der Waals surface area contributed by atoms with Gasteiger partial charge in [-0.25, -0.2) is 4.98 Å². The Morgan fingerprint density at radius 1 is 1.29 bits per heavy atom. The molecule has 0 spiro atoms. The Morgan fingerprint density at radius 3 is 2.88 bits per heavy atom. The summed E-state index contributed by atoms with van der Waals surface area (Å²) in [4.78, 5) is 5.17. The largest absolute Gasteiger partial charge is 0.497 e. The molecule has 2 aromatic rings. The molecule has 0 amide bonds. The molecule has 88 valence electrons. The average molecular weight is 246 g/mol. The van der Waals surface area contributed by atoms with Crippen LogP contribution in [0.2, 0.25) is 0 Å². The monoisotopic (exact) mass is 246 g/mol. The minimum Gasteiger partial charge on any atom is -0.497 e. The molecule has 0 saturated heterocycles. The van der Waals surface area contributed by atoms with Crippen molar-refractivity contribution in [2.45, 2.75) is 10.6 Å². The third kappa shape index (κ3) is 3.39. The molecule has 0 aliphatic heterocycles. The Hall–Kier alpha value is -1.68. The fraction of sp³-hybridized carbons (Fsp3) is 0.154. The van der Waals surface area contributed by atoms with Gasteiger partial charge in [-0.3, -0.25) is 0 Å². The lowest BCUT2D eigenvalue weighted by molar-refractivity contribution is 0.414. The SMILES string of the molecule is COc1cccc(CSc2ccc(N)nc2)c1. The number of pyridine rings is 1. The van der Waals surface area contributed by atoms with Crippen molar-refractivity contribution in [2.24, 2.45) is 0 Å². The van der Waals surface area contributed by atoms with E-state index >= 15 is 0 Å². The van der Waals surface area contributed by atoms with Crippen LogP contribution in [0, 0.1) is 0 Å². The summed E-state index contributed by atoms with van der Waals surface area (Å²) in [6, 6.07) is 11.9. The zero-order valence-corrected chi connectivity index (χ0v) is 10.4. The standard InChI is InChI=1S/C13H14N2OS/c1-16-11-4-2-3-10(7-11)9-17-12-5-6-13(14)15-8-12/h2-8H,9H2,1H3,(H2,14,15). The van der Waals surface area contributed by atoms with Crippen LogP contribution >= 0.6 is 11.8 Å². The van der Waals surface area contributed by atoms with E-state index in [1.54, 1.807) is 25.1 Å². The maximum atomic E-state index is 5.53. The zero-order chi connectivity index (χ0) is 12.1. The lowest BCUT2D eigenvalue weighted by atomic mass is 10.2. The fourth-order valence-electron chi connectivity index (χ4n) is 1.41. The van der Waals surface area contributed by atoms with E-state index in [4.69, 9.17) is 10.5 Å². The minimum absolute atomic E-state index is 0.552. The topological polar surface area (TPSA) is 48.1 Å². The van der Waals surface area contributed by atoms with Crippen LogP contribution in [0.25, 0.3) is 0 Å². The van der Waals surface area contributed by atoms with E-state index < -0.39 is 0 Å². The van der Waals surface area contributed by atoms with Crippen molar-refractivity contribution < 1.29 is 4.74 Å². The Morgan fingerprint density at radius 2 is 2.18 bits per heavy atom. The first-order valence-corrected chi connectivity index (χ1v) is 6.24. The molecule has 0 bridgehead atoms. The maximum Gasteiger partial charge on any atom is 0.123 e. The summed E-state index contributed by atoms with van der Waals surface area (Å²) in [5, 5.41) is 0. The highest BCUT2D eigenvalue weighted by molar-refractivity contribution is 7.98. The van der Waals surface area contributed by atoms with Crippen LogP contribution in [-0.4, -0.2) is 12.1 Å². The number of anilines is 1. The summed E-state index contributed by atoms with van der Waals surface area (Å²) >= 11 is 1.73. The molecule has 0 fully saturated rings. The quantitative estimate of drug-likeness (QED) is 0.843. The molecule has 0 atom stereocenters. The molecule has 0 radical (unpaired) electrons. The number of methoxy groups -OCH3 is 1. The average Bonchev–Trinajstić information content (AvgIpc) is 2.38. The van der Waals surface area contributed by atoms with Gasteiger partial charge in [-0.15, -0.1) is 11.8 Å². The highest BCUT2D eigenvalue weighted by Gasteiger charge is 1.98. The zero-order valence-electron chi connectivity index (χ0n) is 9.59. The van der Waals surface area contributed by atoms with Crippen molar-refractivity contribution in [3.63, 3.8) is 0 Å². The summed E-state index contributed by atoms with van der Waals surface area (Å²) in [6.07, 6.45) is 1.79. The molecule has 2 N–H and O–H groups in total. The van der Waals surface area contributed by atoms with Gasteiger partial charge in [0.25, 0.3) is 0 Å². The molecule has 17 heavy (non-hydrogen) atoms. The second kappa shape index (κ2) is 5.59. The second-order valence-corrected chi connectivity index (χ2v) is 4.61. The summed E-state index contributed by atoms with van der Waals surface area (Å²) in [5.41, 5.74) is 6.76. The summed E-state index contributed by atoms with van der Waals surface area (Å²) in [7, 11) is 1.68. The van der Waals surface area contributed by atoms with Gasteiger partial charge in [0.15, 0.2) is 0 Å². The highest BCUT2D eigenvalue weighted by atomic mass is 32.2. The Kier molecular flexibility index (Phi) is 3.88. The predicted octanol–water partition coefficient (Wildman–Crippen LogP) is 2.96. The first-order valence-electron chi connectivity index (χ1n) is 5.25. The number of nitrogen functional groups attached to an aromatic ring is 1. The molecule has 0 aliphatic carbocycles. The van der Waals surface area contributed by atoms with Crippen LogP contribution in [0.5, 0.6) is 5.75 Å². The van der Waals surface area contributed by atoms with E-state index in [1.165, 1.54) is 5.56 Å². The van der Waals surface area contributed by atoms with Crippen molar-refractivity contribution in [3.05, 3.63) is 48.2 Å². The maximum absolute atomic E-state index is 5.53. The van der Waals surface area contributed by atoms with Crippen LogP contribution in [-0.2, 0) is 5.75 Å². The molecular weight excluding hydrogens is 232 g/mol. The van der Waals surface area contributed by atoms with Crippen LogP contribution in [0.15, 0.2) is 47.5 Å². The molecule has 0 aliphatic rings. The summed E-state index contributed by atoms with van der Waals surface area (Å²) in [5.74, 6) is 2.33. The molecule has 1 aromatic carbocycles. The number of aromatic nitrogens is 1. The first kappa shape index (κ1) is 11.8. The van der Waals surface area contributed by atoms with Gasteiger partial charge >= 0.3 is 0 Å². The normalized spacial score (nSPS) is 10.2. The van der Waals surface area contributed by atoms with Gasteiger partial charge in [-0.2, -0.15) is 0 Å². The van der Waals surface area contributed by atoms with E-state index in [1.807, 2.05) is 30.3 Å². The number of nitrogens with two attached hydrogens (primary N) is 1. The third-order valence-corrected chi connectivity index (χ3v) is 3.35. The predicted molar refractivity (Wildman–Crippen MR) is 71.2 cm³/mol. The lowest BCUT2D eigenvalue weighted by Crippen LogP contribution is -1.89. The van der Waals surface area contributed by atoms with Crippen molar-refractivity contribution in [3.8, 4) is 5.75 Å². The Balaban J connectivity index is 1.99. The molecule has 2 rings (SSSR count). The van der Waals surface area contributed by atoms with Gasteiger partial charge in [0.2, 0.25) is 0 Å².